The molecular formula is C14H17N3O3. The van der Waals surface area contributed by atoms with E-state index in [1.54, 1.807) is 12.1 Å². The molecule has 6 nitrogen and oxygen atoms in total. The highest BCUT2D eigenvalue weighted by molar-refractivity contribution is 5.95. The topological polar surface area (TPSA) is 75.5 Å². The molecule has 0 saturated carbocycles. The van der Waals surface area contributed by atoms with Crippen molar-refractivity contribution in [2.24, 2.45) is 5.92 Å². The van der Waals surface area contributed by atoms with Gasteiger partial charge in [-0.05, 0) is 31.4 Å². The molecule has 2 aliphatic rings. The van der Waals surface area contributed by atoms with Gasteiger partial charge in [0.05, 0.1) is 4.92 Å². The Morgan fingerprint density at radius 1 is 1.40 bits per heavy atom. The van der Waals surface area contributed by atoms with E-state index in [4.69, 9.17) is 0 Å². The maximum absolute atomic E-state index is 12.4. The Kier molecular flexibility index (Phi) is 3.40. The second-order valence-electron chi connectivity index (χ2n) is 5.48. The number of nitrogens with zero attached hydrogens (tertiary/aromatic N) is 2. The molecule has 2 heterocycles. The number of carbonyl (C=O) groups is 1. The van der Waals surface area contributed by atoms with E-state index in [1.807, 2.05) is 4.90 Å². The average Bonchev–Trinajstić information content (AvgIpc) is 2.90. The van der Waals surface area contributed by atoms with Gasteiger partial charge in [-0.1, -0.05) is 6.07 Å². The Morgan fingerprint density at radius 3 is 3.00 bits per heavy atom. The minimum Gasteiger partial charge on any atom is -0.337 e. The van der Waals surface area contributed by atoms with Gasteiger partial charge >= 0.3 is 0 Å². The number of likely N-dealkylation sites (tertiary alicyclic amines) is 1. The van der Waals surface area contributed by atoms with E-state index >= 15 is 0 Å². The first-order valence-electron chi connectivity index (χ1n) is 6.92. The molecule has 0 aromatic heterocycles. The van der Waals surface area contributed by atoms with Crippen LogP contribution in [0.15, 0.2) is 24.3 Å². The van der Waals surface area contributed by atoms with Crippen LogP contribution in [0.2, 0.25) is 0 Å². The number of hydrogen-bond donors (Lipinski definition) is 1. The van der Waals surface area contributed by atoms with Crippen LogP contribution in [-0.4, -0.2) is 41.4 Å². The van der Waals surface area contributed by atoms with E-state index in [1.165, 1.54) is 12.1 Å². The summed E-state index contributed by atoms with van der Waals surface area (Å²) >= 11 is 0. The Labute approximate surface area is 116 Å². The highest BCUT2D eigenvalue weighted by atomic mass is 16.6. The zero-order valence-electron chi connectivity index (χ0n) is 11.1. The number of hydrogen-bond acceptors (Lipinski definition) is 4. The van der Waals surface area contributed by atoms with E-state index in [-0.39, 0.29) is 11.6 Å². The number of nitro groups is 1. The van der Waals surface area contributed by atoms with Gasteiger partial charge in [0, 0.05) is 36.8 Å². The fraction of sp³-hybridized carbons (Fsp3) is 0.500. The van der Waals surface area contributed by atoms with Gasteiger partial charge in [-0.3, -0.25) is 14.9 Å². The first-order valence-corrected chi connectivity index (χ1v) is 6.92. The summed E-state index contributed by atoms with van der Waals surface area (Å²) in [6.07, 6.45) is 2.30. The van der Waals surface area contributed by atoms with Crippen LogP contribution in [0.25, 0.3) is 0 Å². The Balaban J connectivity index is 1.76. The van der Waals surface area contributed by atoms with Crippen LogP contribution >= 0.6 is 0 Å². The molecule has 1 aromatic rings. The van der Waals surface area contributed by atoms with Crippen LogP contribution < -0.4 is 5.32 Å². The normalized spacial score (nSPS) is 25.3. The van der Waals surface area contributed by atoms with Gasteiger partial charge < -0.3 is 10.2 Å². The number of carbonyl (C=O) groups excluding carboxylic acids is 1. The Bertz CT molecular complexity index is 532. The molecule has 2 fully saturated rings. The largest absolute Gasteiger partial charge is 0.337 e. The van der Waals surface area contributed by atoms with Crippen LogP contribution in [-0.2, 0) is 0 Å². The van der Waals surface area contributed by atoms with Crippen molar-refractivity contribution in [2.45, 2.75) is 18.9 Å². The maximum atomic E-state index is 12.4. The van der Waals surface area contributed by atoms with Crippen molar-refractivity contribution in [1.82, 2.24) is 10.2 Å². The molecule has 3 rings (SSSR count). The van der Waals surface area contributed by atoms with Gasteiger partial charge in [-0.2, -0.15) is 0 Å². The van der Waals surface area contributed by atoms with Gasteiger partial charge in [0.2, 0.25) is 0 Å². The predicted octanol–water partition coefficient (Wildman–Crippen LogP) is 1.42. The standard InChI is InChI=1S/C14H17N3O3/c18-14(10-3-1-5-12(7-10)17(19)20)16-8-11-4-2-6-15-13(11)9-16/h1,3,5,7,11,13,15H,2,4,6,8-9H2/t11-,13+/m0/s1. The van der Waals surface area contributed by atoms with Crippen molar-refractivity contribution < 1.29 is 9.72 Å². The second-order valence-corrected chi connectivity index (χ2v) is 5.48. The molecule has 1 amide bonds. The van der Waals surface area contributed by atoms with E-state index in [0.717, 1.165) is 25.9 Å². The number of amides is 1. The van der Waals surface area contributed by atoms with Crippen molar-refractivity contribution >= 4 is 11.6 Å². The molecule has 2 atom stereocenters. The average molecular weight is 275 g/mol. The molecule has 0 aliphatic carbocycles. The third kappa shape index (κ3) is 2.38. The van der Waals surface area contributed by atoms with Crippen molar-refractivity contribution in [3.63, 3.8) is 0 Å². The zero-order valence-corrected chi connectivity index (χ0v) is 11.1. The van der Waals surface area contributed by atoms with Crippen molar-refractivity contribution in [3.05, 3.63) is 39.9 Å². The molecular weight excluding hydrogens is 258 g/mol. The Morgan fingerprint density at radius 2 is 2.25 bits per heavy atom. The van der Waals surface area contributed by atoms with Crippen LogP contribution in [0.5, 0.6) is 0 Å². The fourth-order valence-electron chi connectivity index (χ4n) is 3.15. The number of nitro benzene ring substituents is 1. The van der Waals surface area contributed by atoms with E-state index in [2.05, 4.69) is 5.32 Å². The monoisotopic (exact) mass is 275 g/mol. The lowest BCUT2D eigenvalue weighted by molar-refractivity contribution is -0.384. The number of nitrogens with one attached hydrogen (secondary N) is 1. The maximum Gasteiger partial charge on any atom is 0.270 e. The van der Waals surface area contributed by atoms with Crippen molar-refractivity contribution in [3.8, 4) is 0 Å². The predicted molar refractivity (Wildman–Crippen MR) is 73.5 cm³/mol. The number of rotatable bonds is 2. The molecule has 2 saturated heterocycles. The highest BCUT2D eigenvalue weighted by Crippen LogP contribution is 2.26. The third-order valence-electron chi connectivity index (χ3n) is 4.19. The minimum atomic E-state index is -0.470. The molecule has 20 heavy (non-hydrogen) atoms. The smallest absolute Gasteiger partial charge is 0.270 e. The summed E-state index contributed by atoms with van der Waals surface area (Å²) < 4.78 is 0. The second kappa shape index (κ2) is 5.20. The SMILES string of the molecule is O=C(c1cccc([N+](=O)[O-])c1)N1C[C@@H]2CCCN[C@@H]2C1. The number of piperidine rings is 1. The van der Waals surface area contributed by atoms with Crippen molar-refractivity contribution in [1.29, 1.82) is 0 Å². The molecule has 0 radical (unpaired) electrons. The first-order chi connectivity index (χ1) is 9.65. The molecule has 1 aromatic carbocycles. The minimum absolute atomic E-state index is 0.0365. The first kappa shape index (κ1) is 13.1. The molecule has 0 bridgehead atoms. The third-order valence-corrected chi connectivity index (χ3v) is 4.19. The summed E-state index contributed by atoms with van der Waals surface area (Å²) in [4.78, 5) is 24.6. The fourth-order valence-corrected chi connectivity index (χ4v) is 3.15. The van der Waals surface area contributed by atoms with Gasteiger partial charge in [0.25, 0.3) is 11.6 Å². The van der Waals surface area contributed by atoms with E-state index in [9.17, 15) is 14.9 Å². The lowest BCUT2D eigenvalue weighted by atomic mass is 9.94. The summed E-state index contributed by atoms with van der Waals surface area (Å²) in [6, 6.07) is 6.35. The van der Waals surface area contributed by atoms with E-state index in [0.29, 0.717) is 24.1 Å². The van der Waals surface area contributed by atoms with Crippen LogP contribution in [0.3, 0.4) is 0 Å². The molecule has 1 N–H and O–H groups in total. The summed E-state index contributed by atoms with van der Waals surface area (Å²) in [5, 5.41) is 14.2. The lowest BCUT2D eigenvalue weighted by Crippen LogP contribution is -2.41. The number of non-ortho nitro benzene ring substituents is 1. The lowest BCUT2D eigenvalue weighted by Gasteiger charge is -2.24. The molecule has 106 valence electrons. The van der Waals surface area contributed by atoms with Gasteiger partial charge in [0.15, 0.2) is 0 Å². The molecule has 0 unspecified atom stereocenters. The van der Waals surface area contributed by atoms with Crippen molar-refractivity contribution in [2.75, 3.05) is 19.6 Å². The molecule has 2 aliphatic heterocycles. The van der Waals surface area contributed by atoms with Gasteiger partial charge in [-0.15, -0.1) is 0 Å². The molecule has 0 spiro atoms. The highest BCUT2D eigenvalue weighted by Gasteiger charge is 2.36. The number of fused-ring (bicyclic) bond motifs is 1. The summed E-state index contributed by atoms with van der Waals surface area (Å²) in [7, 11) is 0. The van der Waals surface area contributed by atoms with Crippen LogP contribution in [0.1, 0.15) is 23.2 Å². The summed E-state index contributed by atoms with van der Waals surface area (Å²) in [6.45, 7) is 2.46. The summed E-state index contributed by atoms with van der Waals surface area (Å²) in [5.74, 6) is 0.413. The molecule has 6 heteroatoms. The van der Waals surface area contributed by atoms with Gasteiger partial charge in [-0.25, -0.2) is 0 Å². The quantitative estimate of drug-likeness (QED) is 0.654. The Hall–Kier alpha value is -1.95. The zero-order chi connectivity index (χ0) is 14.1. The van der Waals surface area contributed by atoms with Gasteiger partial charge in [0.1, 0.15) is 0 Å². The van der Waals surface area contributed by atoms with Crippen LogP contribution in [0.4, 0.5) is 5.69 Å². The number of benzene rings is 1. The summed E-state index contributed by atoms with van der Waals surface area (Å²) in [5.41, 5.74) is 0.364. The van der Waals surface area contributed by atoms with Crippen LogP contribution in [0, 0.1) is 16.0 Å². The van der Waals surface area contributed by atoms with E-state index < -0.39 is 4.92 Å².